The van der Waals surface area contributed by atoms with Crippen LogP contribution in [0.15, 0.2) is 36.4 Å². The third kappa shape index (κ3) is 15.0. The molecule has 0 aromatic heterocycles. The Kier molecular flexibility index (Phi) is 14.2. The molecule has 28 heavy (non-hydrogen) atoms. The summed E-state index contributed by atoms with van der Waals surface area (Å²) in [5.74, 6) is 1.06. The van der Waals surface area contributed by atoms with Crippen molar-refractivity contribution in [2.24, 2.45) is 0 Å². The molecule has 1 aromatic rings. The predicted molar refractivity (Wildman–Crippen MR) is 129 cm³/mol. The van der Waals surface area contributed by atoms with Crippen molar-refractivity contribution in [2.75, 3.05) is 0 Å². The monoisotopic (exact) mass is 402 g/mol. The van der Waals surface area contributed by atoms with E-state index in [1.807, 2.05) is 0 Å². The molecule has 0 saturated carbocycles. The van der Waals surface area contributed by atoms with Gasteiger partial charge >= 0.3 is 0 Å². The number of hydrogen-bond acceptors (Lipinski definition) is 1. The topological polar surface area (TPSA) is 9.23 Å². The van der Waals surface area contributed by atoms with Gasteiger partial charge in [-0.3, -0.25) is 0 Å². The summed E-state index contributed by atoms with van der Waals surface area (Å²) in [6, 6.07) is 8.73. The van der Waals surface area contributed by atoms with Crippen molar-refractivity contribution in [2.45, 2.75) is 116 Å². The summed E-state index contributed by atoms with van der Waals surface area (Å²) in [4.78, 5) is 0. The average Bonchev–Trinajstić information content (AvgIpc) is 2.64. The molecule has 0 atom stereocenters. The first-order valence-corrected chi connectivity index (χ1v) is 15.3. The van der Waals surface area contributed by atoms with Crippen molar-refractivity contribution in [1.29, 1.82) is 0 Å². The molecule has 1 nitrogen and oxygen atoms in total. The molecule has 0 bridgehead atoms. The van der Waals surface area contributed by atoms with E-state index in [4.69, 9.17) is 4.43 Å². The highest BCUT2D eigenvalue weighted by Gasteiger charge is 2.16. The second-order valence-corrected chi connectivity index (χ2v) is 13.6. The number of aryl methyl sites for hydroxylation is 1. The lowest BCUT2D eigenvalue weighted by Gasteiger charge is -2.19. The second-order valence-electron chi connectivity index (χ2n) is 9.20. The highest BCUT2D eigenvalue weighted by molar-refractivity contribution is 6.70. The first kappa shape index (κ1) is 25.0. The number of allylic oxidation sites excluding steroid dienone is 2. The number of benzene rings is 1. The van der Waals surface area contributed by atoms with Crippen LogP contribution < -0.4 is 4.43 Å². The Morgan fingerprint density at radius 3 is 1.93 bits per heavy atom. The molecule has 0 fully saturated rings. The van der Waals surface area contributed by atoms with Crippen molar-refractivity contribution >= 4 is 8.32 Å². The van der Waals surface area contributed by atoms with Gasteiger partial charge in [-0.1, -0.05) is 82.6 Å². The SMILES string of the molecule is CCCCCC/C=C\CCCCCCCCCc1cccc(O[Si](C)(C)C)c1. The van der Waals surface area contributed by atoms with E-state index < -0.39 is 8.32 Å². The highest BCUT2D eigenvalue weighted by Crippen LogP contribution is 2.19. The predicted octanol–water partition coefficient (Wildman–Crippen LogP) is 9.09. The molecule has 0 amide bonds. The van der Waals surface area contributed by atoms with Crippen molar-refractivity contribution in [3.8, 4) is 5.75 Å². The Balaban J connectivity index is 1.95. The second kappa shape index (κ2) is 15.8. The van der Waals surface area contributed by atoms with Crippen molar-refractivity contribution in [3.63, 3.8) is 0 Å². The van der Waals surface area contributed by atoms with E-state index in [2.05, 4.69) is 63.0 Å². The van der Waals surface area contributed by atoms with Gasteiger partial charge in [-0.05, 0) is 75.9 Å². The Morgan fingerprint density at radius 2 is 1.32 bits per heavy atom. The fourth-order valence-electron chi connectivity index (χ4n) is 3.52. The summed E-state index contributed by atoms with van der Waals surface area (Å²) < 4.78 is 6.11. The zero-order valence-corrected chi connectivity index (χ0v) is 20.3. The molecule has 0 aliphatic heterocycles. The molecule has 1 aromatic carbocycles. The summed E-state index contributed by atoms with van der Waals surface area (Å²) in [7, 11) is -1.50. The van der Waals surface area contributed by atoms with Gasteiger partial charge in [-0.2, -0.15) is 0 Å². The van der Waals surface area contributed by atoms with Crippen LogP contribution >= 0.6 is 0 Å². The molecule has 0 radical (unpaired) electrons. The quantitative estimate of drug-likeness (QED) is 0.143. The minimum absolute atomic E-state index is 1.06. The van der Waals surface area contributed by atoms with Gasteiger partial charge in [-0.15, -0.1) is 0 Å². The Labute approximate surface area is 177 Å². The zero-order valence-electron chi connectivity index (χ0n) is 19.3. The van der Waals surface area contributed by atoms with E-state index in [0.29, 0.717) is 0 Å². The van der Waals surface area contributed by atoms with Gasteiger partial charge in [0.2, 0.25) is 8.32 Å². The summed E-state index contributed by atoms with van der Waals surface area (Å²) in [5.41, 5.74) is 1.43. The minimum Gasteiger partial charge on any atom is -0.544 e. The lowest BCUT2D eigenvalue weighted by Crippen LogP contribution is -2.29. The van der Waals surface area contributed by atoms with Gasteiger partial charge < -0.3 is 4.43 Å². The standard InChI is InChI=1S/C26H46OSi/c1-5-6-7-8-9-10-11-12-13-14-15-16-17-18-19-21-25-22-20-23-26(24-25)27-28(2,3)4/h10-11,20,22-24H,5-9,12-19,21H2,1-4H3/b11-10-. The van der Waals surface area contributed by atoms with Gasteiger partial charge in [0, 0.05) is 0 Å². The van der Waals surface area contributed by atoms with Gasteiger partial charge in [0.1, 0.15) is 5.75 Å². The van der Waals surface area contributed by atoms with Gasteiger partial charge in [-0.25, -0.2) is 0 Å². The molecule has 0 saturated heterocycles. The van der Waals surface area contributed by atoms with Crippen LogP contribution in [0.2, 0.25) is 19.6 Å². The lowest BCUT2D eigenvalue weighted by molar-refractivity contribution is 0.555. The molecular weight excluding hydrogens is 356 g/mol. The normalized spacial score (nSPS) is 12.0. The zero-order chi connectivity index (χ0) is 20.5. The van der Waals surface area contributed by atoms with Crippen LogP contribution in [-0.4, -0.2) is 8.32 Å². The Morgan fingerprint density at radius 1 is 0.750 bits per heavy atom. The molecule has 0 unspecified atom stereocenters. The van der Waals surface area contributed by atoms with Crippen molar-refractivity contribution in [3.05, 3.63) is 42.0 Å². The van der Waals surface area contributed by atoms with Crippen LogP contribution in [-0.2, 0) is 6.42 Å². The fraction of sp³-hybridized carbons (Fsp3) is 0.692. The first-order valence-electron chi connectivity index (χ1n) is 11.9. The third-order valence-corrected chi connectivity index (χ3v) is 5.90. The Bertz CT molecular complexity index is 515. The molecular formula is C26H46OSi. The molecule has 0 N–H and O–H groups in total. The van der Waals surface area contributed by atoms with E-state index in [0.717, 1.165) is 5.75 Å². The largest absolute Gasteiger partial charge is 0.544 e. The molecule has 0 aliphatic carbocycles. The average molecular weight is 403 g/mol. The fourth-order valence-corrected chi connectivity index (χ4v) is 4.35. The van der Waals surface area contributed by atoms with Crippen LogP contribution in [0.1, 0.15) is 96.0 Å². The van der Waals surface area contributed by atoms with Gasteiger partial charge in [0.15, 0.2) is 0 Å². The van der Waals surface area contributed by atoms with Crippen LogP contribution in [0.3, 0.4) is 0 Å². The van der Waals surface area contributed by atoms with E-state index in [1.54, 1.807) is 0 Å². The summed E-state index contributed by atoms with van der Waals surface area (Å²) in [5, 5.41) is 0. The summed E-state index contributed by atoms with van der Waals surface area (Å²) in [6.45, 7) is 9.00. The molecule has 0 aliphatic rings. The van der Waals surface area contributed by atoms with Crippen LogP contribution in [0.4, 0.5) is 0 Å². The molecule has 0 heterocycles. The van der Waals surface area contributed by atoms with Crippen LogP contribution in [0, 0.1) is 0 Å². The van der Waals surface area contributed by atoms with Crippen molar-refractivity contribution in [1.82, 2.24) is 0 Å². The van der Waals surface area contributed by atoms with Crippen LogP contribution in [0.25, 0.3) is 0 Å². The number of unbranched alkanes of at least 4 members (excludes halogenated alkanes) is 11. The maximum absolute atomic E-state index is 6.11. The molecule has 1 rings (SSSR count). The molecule has 160 valence electrons. The van der Waals surface area contributed by atoms with Gasteiger partial charge in [0.05, 0.1) is 0 Å². The molecule has 0 spiro atoms. The third-order valence-electron chi connectivity index (χ3n) is 5.05. The van der Waals surface area contributed by atoms with E-state index >= 15 is 0 Å². The van der Waals surface area contributed by atoms with Crippen LogP contribution in [0.5, 0.6) is 5.75 Å². The highest BCUT2D eigenvalue weighted by atomic mass is 28.4. The lowest BCUT2D eigenvalue weighted by atomic mass is 10.0. The van der Waals surface area contributed by atoms with Crippen molar-refractivity contribution < 1.29 is 4.43 Å². The smallest absolute Gasteiger partial charge is 0.242 e. The number of hydrogen-bond donors (Lipinski definition) is 0. The minimum atomic E-state index is -1.50. The molecule has 2 heteroatoms. The number of rotatable bonds is 17. The van der Waals surface area contributed by atoms with E-state index in [-0.39, 0.29) is 0 Å². The first-order chi connectivity index (χ1) is 13.5. The maximum atomic E-state index is 6.11. The van der Waals surface area contributed by atoms with E-state index in [1.165, 1.54) is 95.5 Å². The maximum Gasteiger partial charge on any atom is 0.242 e. The van der Waals surface area contributed by atoms with E-state index in [9.17, 15) is 0 Å². The summed E-state index contributed by atoms with van der Waals surface area (Å²) in [6.07, 6.45) is 23.7. The Hall–Kier alpha value is -1.02. The van der Waals surface area contributed by atoms with Gasteiger partial charge in [0.25, 0.3) is 0 Å². The summed E-state index contributed by atoms with van der Waals surface area (Å²) >= 11 is 0.